The summed E-state index contributed by atoms with van der Waals surface area (Å²) in [6.45, 7) is 6.79. The zero-order chi connectivity index (χ0) is 13.7. The third-order valence-electron chi connectivity index (χ3n) is 3.93. The molecule has 1 unspecified atom stereocenters. The molecule has 1 atom stereocenters. The second-order valence-electron chi connectivity index (χ2n) is 5.69. The van der Waals surface area contributed by atoms with E-state index in [4.69, 9.17) is 4.74 Å². The Labute approximate surface area is 116 Å². The molecule has 1 saturated heterocycles. The van der Waals surface area contributed by atoms with Crippen molar-refractivity contribution >= 4 is 0 Å². The summed E-state index contributed by atoms with van der Waals surface area (Å²) in [5.74, 6) is 1.84. The van der Waals surface area contributed by atoms with Crippen molar-refractivity contribution in [2.24, 2.45) is 5.92 Å². The van der Waals surface area contributed by atoms with Crippen LogP contribution in [0.4, 0.5) is 0 Å². The third kappa shape index (κ3) is 4.22. The number of methoxy groups -OCH3 is 1. The van der Waals surface area contributed by atoms with E-state index >= 15 is 0 Å². The predicted octanol–water partition coefficient (Wildman–Crippen LogP) is 2.09. The molecule has 3 heteroatoms. The number of benzene rings is 1. The van der Waals surface area contributed by atoms with E-state index < -0.39 is 0 Å². The summed E-state index contributed by atoms with van der Waals surface area (Å²) in [6, 6.07) is 6.42. The van der Waals surface area contributed by atoms with Gasteiger partial charge >= 0.3 is 0 Å². The predicted molar refractivity (Wildman–Crippen MR) is 79.9 cm³/mol. The Balaban J connectivity index is 1.85. The summed E-state index contributed by atoms with van der Waals surface area (Å²) in [4.78, 5) is 2.44. The van der Waals surface area contributed by atoms with Crippen LogP contribution in [0.25, 0.3) is 0 Å². The van der Waals surface area contributed by atoms with Crippen molar-refractivity contribution in [3.8, 4) is 5.75 Å². The van der Waals surface area contributed by atoms with Gasteiger partial charge in [-0.15, -0.1) is 0 Å². The van der Waals surface area contributed by atoms with Gasteiger partial charge in [0, 0.05) is 13.1 Å². The lowest BCUT2D eigenvalue weighted by atomic mass is 10.1. The Morgan fingerprint density at radius 3 is 2.95 bits per heavy atom. The fourth-order valence-electron chi connectivity index (χ4n) is 2.82. The number of aryl methyl sites for hydroxylation is 1. The minimum absolute atomic E-state index is 0.824. The molecular formula is C16H26N2O. The van der Waals surface area contributed by atoms with Crippen molar-refractivity contribution in [1.82, 2.24) is 10.2 Å². The van der Waals surface area contributed by atoms with E-state index in [-0.39, 0.29) is 0 Å². The van der Waals surface area contributed by atoms with Crippen molar-refractivity contribution in [3.63, 3.8) is 0 Å². The van der Waals surface area contributed by atoms with Gasteiger partial charge in [-0.2, -0.15) is 0 Å². The Kier molecular flexibility index (Phi) is 5.23. The van der Waals surface area contributed by atoms with Gasteiger partial charge in [-0.25, -0.2) is 0 Å². The van der Waals surface area contributed by atoms with Crippen LogP contribution in [-0.4, -0.2) is 45.2 Å². The molecule has 0 aromatic heterocycles. The molecule has 0 amide bonds. The van der Waals surface area contributed by atoms with E-state index in [0.29, 0.717) is 0 Å². The van der Waals surface area contributed by atoms with E-state index in [1.165, 1.54) is 37.2 Å². The molecule has 1 aromatic rings. The lowest BCUT2D eigenvalue weighted by molar-refractivity contribution is 0.287. The lowest BCUT2D eigenvalue weighted by Gasteiger charge is -2.21. The Morgan fingerprint density at radius 1 is 1.42 bits per heavy atom. The Morgan fingerprint density at radius 2 is 2.26 bits per heavy atom. The van der Waals surface area contributed by atoms with Crippen LogP contribution < -0.4 is 10.1 Å². The number of likely N-dealkylation sites (N-methyl/N-ethyl adjacent to an activating group) is 1. The molecule has 1 aromatic carbocycles. The first-order valence-electron chi connectivity index (χ1n) is 7.22. The molecule has 1 aliphatic rings. The molecule has 3 nitrogen and oxygen atoms in total. The SMILES string of the molecule is COc1ccc(C)cc1CCN(C)CC1CCNC1. The zero-order valence-corrected chi connectivity index (χ0v) is 12.4. The van der Waals surface area contributed by atoms with Crippen molar-refractivity contribution in [1.29, 1.82) is 0 Å². The average molecular weight is 262 g/mol. The van der Waals surface area contributed by atoms with Gasteiger partial charge in [-0.3, -0.25) is 0 Å². The highest BCUT2D eigenvalue weighted by Crippen LogP contribution is 2.20. The van der Waals surface area contributed by atoms with Gasteiger partial charge in [0.05, 0.1) is 7.11 Å². The maximum Gasteiger partial charge on any atom is 0.122 e. The minimum Gasteiger partial charge on any atom is -0.496 e. The van der Waals surface area contributed by atoms with Crippen molar-refractivity contribution in [2.45, 2.75) is 19.8 Å². The molecule has 1 N–H and O–H groups in total. The molecule has 0 spiro atoms. The summed E-state index contributed by atoms with van der Waals surface area (Å²) in [7, 11) is 3.97. The molecule has 1 heterocycles. The van der Waals surface area contributed by atoms with E-state index in [1.807, 2.05) is 0 Å². The molecule has 106 valence electrons. The van der Waals surface area contributed by atoms with Gasteiger partial charge in [0.2, 0.25) is 0 Å². The molecule has 19 heavy (non-hydrogen) atoms. The number of nitrogens with zero attached hydrogens (tertiary/aromatic N) is 1. The summed E-state index contributed by atoms with van der Waals surface area (Å²) in [5, 5.41) is 3.43. The molecule has 0 saturated carbocycles. The monoisotopic (exact) mass is 262 g/mol. The summed E-state index contributed by atoms with van der Waals surface area (Å²) in [6.07, 6.45) is 2.37. The van der Waals surface area contributed by atoms with Gasteiger partial charge in [-0.05, 0) is 57.5 Å². The number of rotatable bonds is 6. The first-order chi connectivity index (χ1) is 9.19. The molecule has 1 fully saturated rings. The topological polar surface area (TPSA) is 24.5 Å². The van der Waals surface area contributed by atoms with Crippen LogP contribution >= 0.6 is 0 Å². The van der Waals surface area contributed by atoms with Crippen molar-refractivity contribution < 1.29 is 4.74 Å². The number of ether oxygens (including phenoxy) is 1. The Bertz CT molecular complexity index is 400. The van der Waals surface area contributed by atoms with Crippen LogP contribution in [0.1, 0.15) is 17.5 Å². The smallest absolute Gasteiger partial charge is 0.122 e. The molecule has 0 bridgehead atoms. The molecule has 2 rings (SSSR count). The summed E-state index contributed by atoms with van der Waals surface area (Å²) in [5.41, 5.74) is 2.62. The highest BCUT2D eigenvalue weighted by Gasteiger charge is 2.16. The highest BCUT2D eigenvalue weighted by molar-refractivity contribution is 5.37. The fourth-order valence-corrected chi connectivity index (χ4v) is 2.82. The van der Waals surface area contributed by atoms with Gasteiger partial charge in [0.1, 0.15) is 5.75 Å². The van der Waals surface area contributed by atoms with Crippen LogP contribution in [0.3, 0.4) is 0 Å². The van der Waals surface area contributed by atoms with Crippen LogP contribution in [-0.2, 0) is 6.42 Å². The van der Waals surface area contributed by atoms with E-state index in [1.54, 1.807) is 7.11 Å². The van der Waals surface area contributed by atoms with Crippen LogP contribution in [0.2, 0.25) is 0 Å². The summed E-state index contributed by atoms with van der Waals surface area (Å²) >= 11 is 0. The van der Waals surface area contributed by atoms with Crippen LogP contribution in [0, 0.1) is 12.8 Å². The standard InChI is InChI=1S/C16H26N2O/c1-13-4-5-16(19-3)15(10-13)7-9-18(2)12-14-6-8-17-11-14/h4-5,10,14,17H,6-9,11-12H2,1-3H3. The second kappa shape index (κ2) is 6.92. The molecule has 0 aliphatic carbocycles. The summed E-state index contributed by atoms with van der Waals surface area (Å²) < 4.78 is 5.44. The fraction of sp³-hybridized carbons (Fsp3) is 0.625. The van der Waals surface area contributed by atoms with Crippen LogP contribution in [0.5, 0.6) is 5.75 Å². The molecule has 0 radical (unpaired) electrons. The quantitative estimate of drug-likeness (QED) is 0.849. The average Bonchev–Trinajstić information content (AvgIpc) is 2.89. The van der Waals surface area contributed by atoms with Gasteiger partial charge in [0.25, 0.3) is 0 Å². The lowest BCUT2D eigenvalue weighted by Crippen LogP contribution is -2.28. The Hall–Kier alpha value is -1.06. The first kappa shape index (κ1) is 14.4. The maximum absolute atomic E-state index is 5.44. The van der Waals surface area contributed by atoms with Gasteiger partial charge in [0.15, 0.2) is 0 Å². The van der Waals surface area contributed by atoms with Crippen molar-refractivity contribution in [2.75, 3.05) is 40.3 Å². The van der Waals surface area contributed by atoms with Crippen molar-refractivity contribution in [3.05, 3.63) is 29.3 Å². The normalized spacial score (nSPS) is 19.1. The van der Waals surface area contributed by atoms with E-state index in [0.717, 1.165) is 24.6 Å². The first-order valence-corrected chi connectivity index (χ1v) is 7.22. The largest absolute Gasteiger partial charge is 0.496 e. The number of nitrogens with one attached hydrogen (secondary N) is 1. The van der Waals surface area contributed by atoms with E-state index in [9.17, 15) is 0 Å². The van der Waals surface area contributed by atoms with E-state index in [2.05, 4.69) is 42.4 Å². The molecular weight excluding hydrogens is 236 g/mol. The van der Waals surface area contributed by atoms with Gasteiger partial charge in [-0.1, -0.05) is 17.7 Å². The third-order valence-corrected chi connectivity index (χ3v) is 3.93. The second-order valence-corrected chi connectivity index (χ2v) is 5.69. The number of hydrogen-bond acceptors (Lipinski definition) is 3. The zero-order valence-electron chi connectivity index (χ0n) is 12.4. The maximum atomic E-state index is 5.44. The molecule has 1 aliphatic heterocycles. The van der Waals surface area contributed by atoms with Crippen LogP contribution in [0.15, 0.2) is 18.2 Å². The highest BCUT2D eigenvalue weighted by atomic mass is 16.5. The number of hydrogen-bond donors (Lipinski definition) is 1. The van der Waals surface area contributed by atoms with Gasteiger partial charge < -0.3 is 15.0 Å². The minimum atomic E-state index is 0.824.